The number of nitrogens with two attached hydrogens (primary N) is 1. The Morgan fingerprint density at radius 3 is 2.67 bits per heavy atom. The van der Waals surface area contributed by atoms with Crippen molar-refractivity contribution >= 4 is 5.91 Å². The highest BCUT2D eigenvalue weighted by atomic mass is 16.1. The lowest BCUT2D eigenvalue weighted by atomic mass is 10.1. The van der Waals surface area contributed by atoms with Crippen LogP contribution in [-0.4, -0.2) is 15.5 Å². The van der Waals surface area contributed by atoms with Crippen LogP contribution in [0.25, 0.3) is 0 Å². The minimum absolute atomic E-state index is 0.266. The van der Waals surface area contributed by atoms with Gasteiger partial charge in [0.1, 0.15) is 0 Å². The largest absolute Gasteiger partial charge is 0.369 e. The molecule has 0 saturated carbocycles. The Hall–Kier alpha value is -1.32. The van der Waals surface area contributed by atoms with Crippen LogP contribution in [0.5, 0.6) is 0 Å². The molecule has 0 aliphatic heterocycles. The zero-order valence-corrected chi connectivity index (χ0v) is 7.53. The molecule has 0 fully saturated rings. The molecule has 0 aliphatic carbocycles. The fourth-order valence-corrected chi connectivity index (χ4v) is 1.31. The van der Waals surface area contributed by atoms with Gasteiger partial charge in [-0.3, -0.25) is 4.79 Å². The van der Waals surface area contributed by atoms with Crippen LogP contribution in [-0.2, 0) is 11.8 Å². The van der Waals surface area contributed by atoms with Crippen molar-refractivity contribution < 1.29 is 4.79 Å². The fraction of sp³-hybridized carbons (Fsp3) is 0.500. The minimum Gasteiger partial charge on any atom is -0.369 e. The van der Waals surface area contributed by atoms with E-state index in [1.165, 1.54) is 0 Å². The molecule has 0 saturated heterocycles. The number of aromatic nitrogens is 2. The molecule has 0 spiro atoms. The molecule has 1 rings (SSSR count). The number of hydrogen-bond donors (Lipinski definition) is 1. The molecule has 1 aromatic rings. The van der Waals surface area contributed by atoms with Gasteiger partial charge in [0.15, 0.2) is 0 Å². The first-order valence-corrected chi connectivity index (χ1v) is 3.81. The standard InChI is InChI=1S/C8H13N3O/c1-5(8(9)12)7-6(2)10-4-11(7)3/h4-5H,1-3H3,(H2,9,12). The van der Waals surface area contributed by atoms with Crippen molar-refractivity contribution in [1.82, 2.24) is 9.55 Å². The molecular formula is C8H13N3O. The number of rotatable bonds is 2. The van der Waals surface area contributed by atoms with E-state index in [-0.39, 0.29) is 11.8 Å². The minimum atomic E-state index is -0.318. The van der Waals surface area contributed by atoms with Crippen LogP contribution in [0.3, 0.4) is 0 Å². The summed E-state index contributed by atoms with van der Waals surface area (Å²) in [6.45, 7) is 3.65. The molecule has 12 heavy (non-hydrogen) atoms. The van der Waals surface area contributed by atoms with Gasteiger partial charge in [-0.2, -0.15) is 0 Å². The van der Waals surface area contributed by atoms with Crippen molar-refractivity contribution in [3.63, 3.8) is 0 Å². The number of primary amides is 1. The first-order valence-electron chi connectivity index (χ1n) is 3.81. The number of nitrogens with zero attached hydrogens (tertiary/aromatic N) is 2. The van der Waals surface area contributed by atoms with Gasteiger partial charge >= 0.3 is 0 Å². The third-order valence-electron chi connectivity index (χ3n) is 2.01. The average molecular weight is 167 g/mol. The zero-order chi connectivity index (χ0) is 9.30. The van der Waals surface area contributed by atoms with Crippen molar-refractivity contribution in [2.45, 2.75) is 19.8 Å². The van der Waals surface area contributed by atoms with E-state index in [1.807, 2.05) is 18.5 Å². The second kappa shape index (κ2) is 2.97. The Labute approximate surface area is 71.4 Å². The van der Waals surface area contributed by atoms with Gasteiger partial charge in [-0.25, -0.2) is 4.98 Å². The highest BCUT2D eigenvalue weighted by Gasteiger charge is 2.17. The van der Waals surface area contributed by atoms with Gasteiger partial charge in [0, 0.05) is 7.05 Å². The van der Waals surface area contributed by atoms with E-state index in [0.717, 1.165) is 11.4 Å². The predicted octanol–water partition coefficient (Wildman–Crippen LogP) is 0.317. The van der Waals surface area contributed by atoms with Gasteiger partial charge in [-0.1, -0.05) is 0 Å². The number of imidazole rings is 1. The molecular weight excluding hydrogens is 154 g/mol. The van der Waals surface area contributed by atoms with E-state index in [1.54, 1.807) is 13.3 Å². The molecule has 0 bridgehead atoms. The van der Waals surface area contributed by atoms with Crippen LogP contribution in [0, 0.1) is 6.92 Å². The van der Waals surface area contributed by atoms with E-state index in [4.69, 9.17) is 5.73 Å². The Kier molecular flexibility index (Phi) is 2.17. The molecule has 2 N–H and O–H groups in total. The van der Waals surface area contributed by atoms with Crippen LogP contribution < -0.4 is 5.73 Å². The Morgan fingerprint density at radius 2 is 2.33 bits per heavy atom. The third-order valence-corrected chi connectivity index (χ3v) is 2.01. The molecule has 66 valence electrons. The molecule has 1 atom stereocenters. The lowest BCUT2D eigenvalue weighted by molar-refractivity contribution is -0.119. The van der Waals surface area contributed by atoms with E-state index >= 15 is 0 Å². The smallest absolute Gasteiger partial charge is 0.226 e. The summed E-state index contributed by atoms with van der Waals surface area (Å²) in [4.78, 5) is 15.0. The summed E-state index contributed by atoms with van der Waals surface area (Å²) in [6.07, 6.45) is 1.68. The highest BCUT2D eigenvalue weighted by Crippen LogP contribution is 2.16. The normalized spacial score (nSPS) is 12.9. The van der Waals surface area contributed by atoms with Crippen LogP contribution in [0.15, 0.2) is 6.33 Å². The van der Waals surface area contributed by atoms with Crippen molar-refractivity contribution in [2.75, 3.05) is 0 Å². The quantitative estimate of drug-likeness (QED) is 0.689. The number of carbonyl (C=O) groups is 1. The topological polar surface area (TPSA) is 60.9 Å². The summed E-state index contributed by atoms with van der Waals surface area (Å²) >= 11 is 0. The van der Waals surface area contributed by atoms with Crippen LogP contribution >= 0.6 is 0 Å². The van der Waals surface area contributed by atoms with E-state index in [9.17, 15) is 4.79 Å². The highest BCUT2D eigenvalue weighted by molar-refractivity contribution is 5.81. The summed E-state index contributed by atoms with van der Waals surface area (Å²) < 4.78 is 1.82. The summed E-state index contributed by atoms with van der Waals surface area (Å²) in [5.74, 6) is -0.584. The second-order valence-corrected chi connectivity index (χ2v) is 2.95. The Morgan fingerprint density at radius 1 is 1.75 bits per heavy atom. The molecule has 1 aromatic heterocycles. The lowest BCUT2D eigenvalue weighted by Crippen LogP contribution is -2.21. The van der Waals surface area contributed by atoms with Gasteiger partial charge in [0.05, 0.1) is 23.6 Å². The molecule has 1 amide bonds. The summed E-state index contributed by atoms with van der Waals surface area (Å²) in [5.41, 5.74) is 6.94. The molecule has 0 radical (unpaired) electrons. The lowest BCUT2D eigenvalue weighted by Gasteiger charge is -2.08. The number of aryl methyl sites for hydroxylation is 2. The second-order valence-electron chi connectivity index (χ2n) is 2.95. The van der Waals surface area contributed by atoms with Crippen molar-refractivity contribution in [2.24, 2.45) is 12.8 Å². The molecule has 1 unspecified atom stereocenters. The maximum atomic E-state index is 10.9. The average Bonchev–Trinajstić information content (AvgIpc) is 2.30. The molecule has 4 heteroatoms. The van der Waals surface area contributed by atoms with Crippen LogP contribution in [0.4, 0.5) is 0 Å². The SMILES string of the molecule is Cc1ncn(C)c1C(C)C(N)=O. The number of amides is 1. The third kappa shape index (κ3) is 1.32. The van der Waals surface area contributed by atoms with Crippen LogP contribution in [0.1, 0.15) is 24.2 Å². The van der Waals surface area contributed by atoms with E-state index in [2.05, 4.69) is 4.98 Å². The van der Waals surface area contributed by atoms with Gasteiger partial charge in [0.25, 0.3) is 0 Å². The molecule has 4 nitrogen and oxygen atoms in total. The van der Waals surface area contributed by atoms with Crippen molar-refractivity contribution in [3.05, 3.63) is 17.7 Å². The first kappa shape index (κ1) is 8.77. The van der Waals surface area contributed by atoms with Gasteiger partial charge < -0.3 is 10.3 Å². The van der Waals surface area contributed by atoms with Gasteiger partial charge in [-0.15, -0.1) is 0 Å². The Bertz CT molecular complexity index is 284. The zero-order valence-electron chi connectivity index (χ0n) is 7.53. The molecule has 0 aliphatic rings. The van der Waals surface area contributed by atoms with Gasteiger partial charge in [-0.05, 0) is 13.8 Å². The first-order chi connectivity index (χ1) is 5.54. The van der Waals surface area contributed by atoms with Gasteiger partial charge in [0.2, 0.25) is 5.91 Å². The summed E-state index contributed by atoms with van der Waals surface area (Å²) in [7, 11) is 1.86. The summed E-state index contributed by atoms with van der Waals surface area (Å²) in [6, 6.07) is 0. The molecule has 1 heterocycles. The molecule has 0 aromatic carbocycles. The summed E-state index contributed by atoms with van der Waals surface area (Å²) in [5, 5.41) is 0. The number of hydrogen-bond acceptors (Lipinski definition) is 2. The van der Waals surface area contributed by atoms with Crippen LogP contribution in [0.2, 0.25) is 0 Å². The maximum absolute atomic E-state index is 10.9. The van der Waals surface area contributed by atoms with Crippen molar-refractivity contribution in [1.29, 1.82) is 0 Å². The van der Waals surface area contributed by atoms with E-state index < -0.39 is 0 Å². The van der Waals surface area contributed by atoms with Crippen molar-refractivity contribution in [3.8, 4) is 0 Å². The predicted molar refractivity (Wildman–Crippen MR) is 45.6 cm³/mol. The fourth-order valence-electron chi connectivity index (χ4n) is 1.31. The monoisotopic (exact) mass is 167 g/mol. The maximum Gasteiger partial charge on any atom is 0.226 e. The Balaban J connectivity index is 3.08. The van der Waals surface area contributed by atoms with E-state index in [0.29, 0.717) is 0 Å². The number of carbonyl (C=O) groups excluding carboxylic acids is 1.